The number of aromatic nitrogens is 1. The Morgan fingerprint density at radius 2 is 1.92 bits per heavy atom. The van der Waals surface area contributed by atoms with Gasteiger partial charge in [-0.15, -0.1) is 0 Å². The number of pyridine rings is 1. The van der Waals surface area contributed by atoms with Crippen molar-refractivity contribution in [3.05, 3.63) is 42.1 Å². The Morgan fingerprint density at radius 1 is 1.15 bits per heavy atom. The van der Waals surface area contributed by atoms with Gasteiger partial charge in [-0.25, -0.2) is 4.98 Å². The van der Waals surface area contributed by atoms with E-state index in [0.29, 0.717) is 5.69 Å². The molecule has 1 amide bonds. The molecule has 0 saturated carbocycles. The molecule has 2 N–H and O–H groups in total. The Balaban J connectivity index is 2.69. The van der Waals surface area contributed by atoms with Crippen LogP contribution in [0.15, 0.2) is 36.4 Å². The summed E-state index contributed by atoms with van der Waals surface area (Å²) in [5, 5.41) is 1.01. The van der Waals surface area contributed by atoms with Crippen LogP contribution in [-0.4, -0.2) is 10.9 Å². The smallest absolute Gasteiger partial charge is 0.267 e. The van der Waals surface area contributed by atoms with Gasteiger partial charge in [0.2, 0.25) is 0 Å². The van der Waals surface area contributed by atoms with Crippen LogP contribution in [0.3, 0.4) is 0 Å². The molecule has 64 valence electrons. The summed E-state index contributed by atoms with van der Waals surface area (Å²) in [5.74, 6) is -0.495. The van der Waals surface area contributed by atoms with Gasteiger partial charge in [0, 0.05) is 5.39 Å². The minimum atomic E-state index is -0.495. The fourth-order valence-corrected chi connectivity index (χ4v) is 1.20. The van der Waals surface area contributed by atoms with Gasteiger partial charge in [0.05, 0.1) is 5.52 Å². The topological polar surface area (TPSA) is 56.0 Å². The molecule has 0 aliphatic carbocycles. The number of carbonyl (C=O) groups excluding carboxylic acids is 1. The van der Waals surface area contributed by atoms with Gasteiger partial charge >= 0.3 is 0 Å². The Kier molecular flexibility index (Phi) is 1.70. The van der Waals surface area contributed by atoms with Crippen molar-refractivity contribution in [2.24, 2.45) is 5.73 Å². The molecule has 13 heavy (non-hydrogen) atoms. The third-order valence-electron chi connectivity index (χ3n) is 1.85. The molecule has 0 spiro atoms. The summed E-state index contributed by atoms with van der Waals surface area (Å²) in [5.41, 5.74) is 6.20. The van der Waals surface area contributed by atoms with Crippen LogP contribution in [0.1, 0.15) is 10.5 Å². The van der Waals surface area contributed by atoms with Crippen LogP contribution in [-0.2, 0) is 0 Å². The maximum Gasteiger partial charge on any atom is 0.267 e. The van der Waals surface area contributed by atoms with Crippen molar-refractivity contribution in [2.75, 3.05) is 0 Å². The number of primary amides is 1. The van der Waals surface area contributed by atoms with Gasteiger partial charge in [0.25, 0.3) is 5.91 Å². The van der Waals surface area contributed by atoms with Crippen molar-refractivity contribution in [3.8, 4) is 0 Å². The molecule has 0 aliphatic heterocycles. The van der Waals surface area contributed by atoms with Crippen LogP contribution in [0.2, 0.25) is 0 Å². The molecular formula is C10H8N2O. The summed E-state index contributed by atoms with van der Waals surface area (Å²) in [6.07, 6.45) is 0. The summed E-state index contributed by atoms with van der Waals surface area (Å²) >= 11 is 0. The van der Waals surface area contributed by atoms with E-state index in [1.165, 1.54) is 0 Å². The number of rotatable bonds is 1. The molecule has 2 rings (SSSR count). The summed E-state index contributed by atoms with van der Waals surface area (Å²) in [6, 6.07) is 11.1. The molecule has 1 heterocycles. The number of para-hydroxylation sites is 1. The van der Waals surface area contributed by atoms with Gasteiger partial charge in [-0.05, 0) is 12.1 Å². The fourth-order valence-electron chi connectivity index (χ4n) is 1.20. The second-order valence-electron chi connectivity index (χ2n) is 2.75. The highest BCUT2D eigenvalue weighted by molar-refractivity contribution is 5.93. The largest absolute Gasteiger partial charge is 0.364 e. The van der Waals surface area contributed by atoms with E-state index in [0.717, 1.165) is 10.9 Å². The van der Waals surface area contributed by atoms with E-state index >= 15 is 0 Å². The molecule has 0 saturated heterocycles. The number of hydrogen-bond donors (Lipinski definition) is 1. The first-order chi connectivity index (χ1) is 6.27. The molecule has 1 aromatic heterocycles. The van der Waals surface area contributed by atoms with Crippen LogP contribution < -0.4 is 5.73 Å². The lowest BCUT2D eigenvalue weighted by Gasteiger charge is -1.97. The average Bonchev–Trinajstić information content (AvgIpc) is 2.17. The number of nitrogens with zero attached hydrogens (tertiary/aromatic N) is 1. The highest BCUT2D eigenvalue weighted by atomic mass is 16.1. The van der Waals surface area contributed by atoms with Gasteiger partial charge < -0.3 is 5.73 Å². The molecular weight excluding hydrogens is 164 g/mol. The van der Waals surface area contributed by atoms with E-state index < -0.39 is 5.91 Å². The zero-order valence-electron chi connectivity index (χ0n) is 6.90. The van der Waals surface area contributed by atoms with Gasteiger partial charge in [-0.1, -0.05) is 24.3 Å². The van der Waals surface area contributed by atoms with E-state index in [9.17, 15) is 4.79 Å². The maximum absolute atomic E-state index is 10.8. The molecule has 3 heteroatoms. The molecule has 1 aromatic carbocycles. The minimum absolute atomic E-state index is 0.304. The van der Waals surface area contributed by atoms with Crippen molar-refractivity contribution in [1.29, 1.82) is 0 Å². The van der Waals surface area contributed by atoms with Crippen LogP contribution in [0.5, 0.6) is 0 Å². The molecule has 0 aliphatic rings. The zero-order chi connectivity index (χ0) is 9.26. The number of amides is 1. The van der Waals surface area contributed by atoms with Gasteiger partial charge in [0.1, 0.15) is 5.69 Å². The summed E-state index contributed by atoms with van der Waals surface area (Å²) < 4.78 is 0. The second kappa shape index (κ2) is 2.86. The second-order valence-corrected chi connectivity index (χ2v) is 2.75. The molecule has 3 nitrogen and oxygen atoms in total. The molecule has 2 aromatic rings. The zero-order valence-corrected chi connectivity index (χ0v) is 6.90. The number of nitrogens with two attached hydrogens (primary N) is 1. The Labute approximate surface area is 75.2 Å². The number of benzene rings is 1. The van der Waals surface area contributed by atoms with E-state index in [4.69, 9.17) is 5.73 Å². The first-order valence-corrected chi connectivity index (χ1v) is 3.93. The highest BCUT2D eigenvalue weighted by Crippen LogP contribution is 2.10. The average molecular weight is 172 g/mol. The van der Waals surface area contributed by atoms with Crippen LogP contribution in [0.25, 0.3) is 10.9 Å². The lowest BCUT2D eigenvalue weighted by atomic mass is 10.2. The van der Waals surface area contributed by atoms with Crippen LogP contribution >= 0.6 is 0 Å². The minimum Gasteiger partial charge on any atom is -0.364 e. The third-order valence-corrected chi connectivity index (χ3v) is 1.85. The van der Waals surface area contributed by atoms with Gasteiger partial charge in [0.15, 0.2) is 0 Å². The first-order valence-electron chi connectivity index (χ1n) is 3.93. The summed E-state index contributed by atoms with van der Waals surface area (Å²) in [6.45, 7) is 0. The van der Waals surface area contributed by atoms with E-state index in [-0.39, 0.29) is 0 Å². The molecule has 0 unspecified atom stereocenters. The van der Waals surface area contributed by atoms with Crippen molar-refractivity contribution >= 4 is 16.8 Å². The number of fused-ring (bicyclic) bond motifs is 1. The van der Waals surface area contributed by atoms with Crippen molar-refractivity contribution in [2.45, 2.75) is 0 Å². The van der Waals surface area contributed by atoms with E-state index in [1.54, 1.807) is 6.07 Å². The summed E-state index contributed by atoms with van der Waals surface area (Å²) in [4.78, 5) is 14.9. The standard InChI is InChI=1S/C10H8N2O/c11-10(13)9-6-5-7-3-1-2-4-8(7)12-9/h1-6H,(H2,11,13). The first kappa shape index (κ1) is 7.73. The third kappa shape index (κ3) is 1.36. The summed E-state index contributed by atoms with van der Waals surface area (Å²) in [7, 11) is 0. The number of carbonyl (C=O) groups is 1. The lowest BCUT2D eigenvalue weighted by molar-refractivity contribution is 0.0996. The molecule has 0 radical (unpaired) electrons. The maximum atomic E-state index is 10.8. The molecule has 0 atom stereocenters. The SMILES string of the molecule is NC(=O)c1ccc2ccccc2n1. The Bertz CT molecular complexity index is 465. The molecule has 0 fully saturated rings. The quantitative estimate of drug-likeness (QED) is 0.705. The van der Waals surface area contributed by atoms with Crippen molar-refractivity contribution < 1.29 is 4.79 Å². The van der Waals surface area contributed by atoms with Crippen LogP contribution in [0.4, 0.5) is 0 Å². The van der Waals surface area contributed by atoms with Crippen LogP contribution in [0, 0.1) is 0 Å². The highest BCUT2D eigenvalue weighted by Gasteiger charge is 2.01. The molecule has 0 bridgehead atoms. The van der Waals surface area contributed by atoms with Gasteiger partial charge in [-0.2, -0.15) is 0 Å². The normalized spacial score (nSPS) is 10.2. The Hall–Kier alpha value is -1.90. The predicted molar refractivity (Wildman–Crippen MR) is 50.3 cm³/mol. The Morgan fingerprint density at radius 3 is 2.69 bits per heavy atom. The lowest BCUT2D eigenvalue weighted by Crippen LogP contribution is -2.12. The predicted octanol–water partition coefficient (Wildman–Crippen LogP) is 1.33. The van der Waals surface area contributed by atoms with Crippen molar-refractivity contribution in [1.82, 2.24) is 4.98 Å². The fraction of sp³-hybridized carbons (Fsp3) is 0. The van der Waals surface area contributed by atoms with E-state index in [2.05, 4.69) is 4.98 Å². The van der Waals surface area contributed by atoms with Gasteiger partial charge in [-0.3, -0.25) is 4.79 Å². The monoisotopic (exact) mass is 172 g/mol. The number of hydrogen-bond acceptors (Lipinski definition) is 2. The van der Waals surface area contributed by atoms with E-state index in [1.807, 2.05) is 30.3 Å². The van der Waals surface area contributed by atoms with Crippen molar-refractivity contribution in [3.63, 3.8) is 0 Å².